The van der Waals surface area contributed by atoms with Gasteiger partial charge in [-0.3, -0.25) is 4.79 Å². The molecule has 0 saturated heterocycles. The Balaban J connectivity index is 2.26. The summed E-state index contributed by atoms with van der Waals surface area (Å²) in [5.41, 5.74) is 0. The molecule has 0 aliphatic carbocycles. The average Bonchev–Trinajstić information content (AvgIpc) is 2.42. The van der Waals surface area contributed by atoms with Crippen LogP contribution in [-0.4, -0.2) is 18.6 Å². The van der Waals surface area contributed by atoms with Crippen LogP contribution in [0.2, 0.25) is 10.0 Å². The lowest BCUT2D eigenvalue weighted by molar-refractivity contribution is -0.122. The molecule has 0 spiro atoms. The van der Waals surface area contributed by atoms with Gasteiger partial charge in [0.1, 0.15) is 5.75 Å². The summed E-state index contributed by atoms with van der Waals surface area (Å²) in [6, 6.07) is 5.37. The minimum absolute atomic E-state index is 0.0736. The summed E-state index contributed by atoms with van der Waals surface area (Å²) in [6.45, 7) is 4.60. The summed E-state index contributed by atoms with van der Waals surface area (Å²) in [6.07, 6.45) is 3.03. The molecule has 0 aliphatic heterocycles. The smallest absolute Gasteiger partial charge is 0.220 e. The molecule has 0 saturated carbocycles. The largest absolute Gasteiger partial charge is 0.492 e. The Bertz CT molecular complexity index is 434. The Hall–Kier alpha value is -0.930. The van der Waals surface area contributed by atoms with E-state index >= 15 is 0 Å². The fourth-order valence-corrected chi connectivity index (χ4v) is 2.26. The third-order valence-corrected chi connectivity index (χ3v) is 3.58. The summed E-state index contributed by atoms with van der Waals surface area (Å²) in [4.78, 5) is 11.7. The van der Waals surface area contributed by atoms with Crippen molar-refractivity contribution in [3.8, 4) is 5.75 Å². The van der Waals surface area contributed by atoms with E-state index < -0.39 is 0 Å². The highest BCUT2D eigenvalue weighted by Gasteiger charge is 2.08. The highest BCUT2D eigenvalue weighted by Crippen LogP contribution is 2.27. The van der Waals surface area contributed by atoms with Gasteiger partial charge in [0.15, 0.2) is 0 Å². The summed E-state index contributed by atoms with van der Waals surface area (Å²) in [5.74, 6) is 0.668. The molecule has 0 heterocycles. The summed E-state index contributed by atoms with van der Waals surface area (Å²) < 4.78 is 5.53. The standard InChI is InChI=1S/C15H21Cl2NO2/c1-3-12(4-2)18-15(19)6-5-9-20-14-8-7-11(16)10-13(14)17/h7-8,10,12H,3-6,9H2,1-2H3,(H,18,19). The van der Waals surface area contributed by atoms with Crippen molar-refractivity contribution < 1.29 is 9.53 Å². The lowest BCUT2D eigenvalue weighted by Crippen LogP contribution is -2.33. The van der Waals surface area contributed by atoms with Gasteiger partial charge in [0.05, 0.1) is 11.6 Å². The normalized spacial score (nSPS) is 10.7. The first-order valence-electron chi connectivity index (χ1n) is 6.94. The van der Waals surface area contributed by atoms with Crippen molar-refractivity contribution in [2.75, 3.05) is 6.61 Å². The summed E-state index contributed by atoms with van der Waals surface area (Å²) in [7, 11) is 0. The lowest BCUT2D eigenvalue weighted by Gasteiger charge is -2.14. The first-order chi connectivity index (χ1) is 9.56. The van der Waals surface area contributed by atoms with E-state index in [-0.39, 0.29) is 11.9 Å². The Morgan fingerprint density at radius 2 is 2.00 bits per heavy atom. The topological polar surface area (TPSA) is 38.3 Å². The van der Waals surface area contributed by atoms with Crippen LogP contribution in [0.5, 0.6) is 5.75 Å². The number of carbonyl (C=O) groups is 1. The van der Waals surface area contributed by atoms with Gasteiger partial charge in [0.25, 0.3) is 0 Å². The molecular weight excluding hydrogens is 297 g/mol. The van der Waals surface area contributed by atoms with Gasteiger partial charge in [-0.05, 0) is 37.5 Å². The highest BCUT2D eigenvalue weighted by atomic mass is 35.5. The van der Waals surface area contributed by atoms with Gasteiger partial charge in [-0.15, -0.1) is 0 Å². The molecule has 1 aromatic rings. The molecule has 1 aromatic carbocycles. The van der Waals surface area contributed by atoms with Crippen LogP contribution in [0.4, 0.5) is 0 Å². The first kappa shape index (κ1) is 17.1. The zero-order valence-electron chi connectivity index (χ0n) is 11.9. The predicted octanol–water partition coefficient (Wildman–Crippen LogP) is 4.46. The van der Waals surface area contributed by atoms with Crippen LogP contribution in [0, 0.1) is 0 Å². The van der Waals surface area contributed by atoms with Crippen molar-refractivity contribution in [3.05, 3.63) is 28.2 Å². The maximum absolute atomic E-state index is 11.7. The molecule has 20 heavy (non-hydrogen) atoms. The number of benzene rings is 1. The van der Waals surface area contributed by atoms with Crippen molar-refractivity contribution >= 4 is 29.1 Å². The molecular formula is C15H21Cl2NO2. The Morgan fingerprint density at radius 1 is 1.30 bits per heavy atom. The number of hydrogen-bond acceptors (Lipinski definition) is 2. The van der Waals surface area contributed by atoms with Gasteiger partial charge in [0, 0.05) is 17.5 Å². The molecule has 5 heteroatoms. The minimum atomic E-state index is 0.0736. The summed E-state index contributed by atoms with van der Waals surface area (Å²) in [5, 5.41) is 4.06. The molecule has 0 fully saturated rings. The van der Waals surface area contributed by atoms with Gasteiger partial charge in [0.2, 0.25) is 5.91 Å². The number of ether oxygens (including phenoxy) is 1. The maximum atomic E-state index is 11.7. The Labute approximate surface area is 130 Å². The zero-order chi connectivity index (χ0) is 15.0. The van der Waals surface area contributed by atoms with Crippen LogP contribution in [-0.2, 0) is 4.79 Å². The van der Waals surface area contributed by atoms with Crippen LogP contribution in [0.3, 0.4) is 0 Å². The number of carbonyl (C=O) groups excluding carboxylic acids is 1. The third-order valence-electron chi connectivity index (χ3n) is 3.05. The number of halogens is 2. The minimum Gasteiger partial charge on any atom is -0.492 e. The van der Waals surface area contributed by atoms with E-state index in [1.165, 1.54) is 0 Å². The predicted molar refractivity (Wildman–Crippen MR) is 83.7 cm³/mol. The number of nitrogens with one attached hydrogen (secondary N) is 1. The molecule has 112 valence electrons. The number of hydrogen-bond donors (Lipinski definition) is 1. The van der Waals surface area contributed by atoms with Crippen molar-refractivity contribution in [2.24, 2.45) is 0 Å². The van der Waals surface area contributed by atoms with E-state index in [1.807, 2.05) is 0 Å². The second-order valence-electron chi connectivity index (χ2n) is 4.61. The molecule has 1 rings (SSSR count). The van der Waals surface area contributed by atoms with Crippen LogP contribution in [0.15, 0.2) is 18.2 Å². The molecule has 0 atom stereocenters. The molecule has 1 N–H and O–H groups in total. The van der Waals surface area contributed by atoms with Gasteiger partial charge in [-0.2, -0.15) is 0 Å². The van der Waals surface area contributed by atoms with E-state index in [0.29, 0.717) is 35.2 Å². The molecule has 0 unspecified atom stereocenters. The number of rotatable bonds is 8. The van der Waals surface area contributed by atoms with E-state index in [4.69, 9.17) is 27.9 Å². The Morgan fingerprint density at radius 3 is 2.60 bits per heavy atom. The van der Waals surface area contributed by atoms with E-state index in [0.717, 1.165) is 12.8 Å². The third kappa shape index (κ3) is 6.02. The molecule has 0 aliphatic rings. The van der Waals surface area contributed by atoms with E-state index in [1.54, 1.807) is 18.2 Å². The summed E-state index contributed by atoms with van der Waals surface area (Å²) >= 11 is 11.8. The van der Waals surface area contributed by atoms with Gasteiger partial charge >= 0.3 is 0 Å². The van der Waals surface area contributed by atoms with Gasteiger partial charge in [-0.25, -0.2) is 0 Å². The van der Waals surface area contributed by atoms with Crippen LogP contribution < -0.4 is 10.1 Å². The van der Waals surface area contributed by atoms with Crippen LogP contribution in [0.1, 0.15) is 39.5 Å². The molecule has 0 aromatic heterocycles. The zero-order valence-corrected chi connectivity index (χ0v) is 13.4. The molecule has 1 amide bonds. The van der Waals surface area contributed by atoms with Crippen molar-refractivity contribution in [2.45, 2.75) is 45.6 Å². The van der Waals surface area contributed by atoms with E-state index in [9.17, 15) is 4.79 Å². The van der Waals surface area contributed by atoms with Crippen molar-refractivity contribution in [1.82, 2.24) is 5.32 Å². The molecule has 0 radical (unpaired) electrons. The van der Waals surface area contributed by atoms with E-state index in [2.05, 4.69) is 19.2 Å². The molecule has 3 nitrogen and oxygen atoms in total. The fourth-order valence-electron chi connectivity index (χ4n) is 1.80. The van der Waals surface area contributed by atoms with Crippen LogP contribution in [0.25, 0.3) is 0 Å². The highest BCUT2D eigenvalue weighted by molar-refractivity contribution is 6.35. The maximum Gasteiger partial charge on any atom is 0.220 e. The van der Waals surface area contributed by atoms with Gasteiger partial charge < -0.3 is 10.1 Å². The Kier molecular flexibility index (Phi) is 7.78. The second-order valence-corrected chi connectivity index (χ2v) is 5.45. The monoisotopic (exact) mass is 317 g/mol. The van der Waals surface area contributed by atoms with Gasteiger partial charge in [-0.1, -0.05) is 37.0 Å². The SMILES string of the molecule is CCC(CC)NC(=O)CCCOc1ccc(Cl)cc1Cl. The second kappa shape index (κ2) is 9.09. The fraction of sp³-hybridized carbons (Fsp3) is 0.533. The lowest BCUT2D eigenvalue weighted by atomic mass is 10.1. The number of amides is 1. The molecule has 0 bridgehead atoms. The van der Waals surface area contributed by atoms with Crippen molar-refractivity contribution in [3.63, 3.8) is 0 Å². The van der Waals surface area contributed by atoms with Crippen LogP contribution >= 0.6 is 23.2 Å². The first-order valence-corrected chi connectivity index (χ1v) is 7.69. The average molecular weight is 318 g/mol. The quantitative estimate of drug-likeness (QED) is 0.719. The van der Waals surface area contributed by atoms with Crippen molar-refractivity contribution in [1.29, 1.82) is 0 Å².